The van der Waals surface area contributed by atoms with Crippen LogP contribution in [-0.4, -0.2) is 0 Å². The Morgan fingerprint density at radius 3 is 2.53 bits per heavy atom. The Hall–Kier alpha value is -2.52. The number of hydrogen-bond acceptors (Lipinski definition) is 0. The van der Waals surface area contributed by atoms with Gasteiger partial charge in [-0.3, -0.25) is 0 Å². The van der Waals surface area contributed by atoms with E-state index in [0.717, 1.165) is 22.3 Å². The fraction of sp³-hybridized carbons (Fsp3) is 0.0526. The first-order chi connectivity index (χ1) is 9.19. The molecule has 0 fully saturated rings. The van der Waals surface area contributed by atoms with Gasteiger partial charge in [-0.1, -0.05) is 80.1 Å². The van der Waals surface area contributed by atoms with E-state index in [2.05, 4.69) is 31.6 Å². The van der Waals surface area contributed by atoms with Crippen molar-refractivity contribution < 1.29 is 0 Å². The van der Waals surface area contributed by atoms with Gasteiger partial charge in [0.15, 0.2) is 0 Å². The lowest BCUT2D eigenvalue weighted by Crippen LogP contribution is -1.84. The average molecular weight is 246 g/mol. The fourth-order valence-corrected chi connectivity index (χ4v) is 1.50. The predicted octanol–water partition coefficient (Wildman–Crippen LogP) is 5.03. The number of hydrogen-bond donors (Lipinski definition) is 0. The molecule has 0 heterocycles. The molecule has 0 N–H and O–H groups in total. The zero-order chi connectivity index (χ0) is 14.1. The zero-order valence-corrected chi connectivity index (χ0v) is 11.3. The molecule has 0 aliphatic heterocycles. The summed E-state index contributed by atoms with van der Waals surface area (Å²) in [5.74, 6) is 6.03. The molecular formula is C19H18. The van der Waals surface area contributed by atoms with Crippen LogP contribution in [0.3, 0.4) is 0 Å². The topological polar surface area (TPSA) is 0 Å². The van der Waals surface area contributed by atoms with Crippen molar-refractivity contribution in [1.82, 2.24) is 0 Å². The molecular weight excluding hydrogens is 228 g/mol. The van der Waals surface area contributed by atoms with Gasteiger partial charge in [0.1, 0.15) is 0 Å². The molecule has 0 spiro atoms. The van der Waals surface area contributed by atoms with Crippen molar-refractivity contribution in [1.29, 1.82) is 0 Å². The van der Waals surface area contributed by atoms with Crippen LogP contribution in [0.5, 0.6) is 0 Å². The van der Waals surface area contributed by atoms with E-state index in [4.69, 9.17) is 0 Å². The average Bonchev–Trinajstić information content (AvgIpc) is 2.45. The maximum Gasteiger partial charge on any atom is 0.0255 e. The third-order valence-corrected chi connectivity index (χ3v) is 2.48. The Morgan fingerprint density at radius 2 is 1.84 bits per heavy atom. The van der Waals surface area contributed by atoms with Crippen molar-refractivity contribution >= 4 is 11.6 Å². The van der Waals surface area contributed by atoms with Gasteiger partial charge < -0.3 is 0 Å². The SMILES string of the molecule is C=Cc1ccccc1C(=C)C#CC(=C)/C=C\C=C/C. The smallest absolute Gasteiger partial charge is 0.0255 e. The fourth-order valence-electron chi connectivity index (χ4n) is 1.50. The molecule has 1 rings (SSSR count). The van der Waals surface area contributed by atoms with Crippen LogP contribution in [0.25, 0.3) is 11.6 Å². The molecule has 0 aromatic heterocycles. The minimum atomic E-state index is 0.760. The Balaban J connectivity index is 2.86. The third kappa shape index (κ3) is 4.69. The largest absolute Gasteiger partial charge is 0.0984 e. The van der Waals surface area contributed by atoms with Crippen LogP contribution in [0.4, 0.5) is 0 Å². The second-order valence-electron chi connectivity index (χ2n) is 3.93. The highest BCUT2D eigenvalue weighted by molar-refractivity contribution is 5.82. The molecule has 0 nitrogen and oxygen atoms in total. The Bertz CT molecular complexity index is 598. The van der Waals surface area contributed by atoms with Gasteiger partial charge in [0.25, 0.3) is 0 Å². The van der Waals surface area contributed by atoms with E-state index in [1.165, 1.54) is 0 Å². The standard InChI is InChI=1S/C19H18/c1-5-7-8-11-16(3)14-15-17(4)19-13-10-9-12-18(19)6-2/h5-13H,2-4H2,1H3/b7-5-,11-8-. The summed E-state index contributed by atoms with van der Waals surface area (Å²) in [6, 6.07) is 7.93. The summed E-state index contributed by atoms with van der Waals surface area (Å²) in [6.45, 7) is 13.6. The van der Waals surface area contributed by atoms with Crippen LogP contribution in [0.1, 0.15) is 18.1 Å². The molecule has 94 valence electrons. The molecule has 0 unspecified atom stereocenters. The third-order valence-electron chi connectivity index (χ3n) is 2.48. The van der Waals surface area contributed by atoms with Gasteiger partial charge in [-0.15, -0.1) is 0 Å². The summed E-state index contributed by atoms with van der Waals surface area (Å²) in [7, 11) is 0. The van der Waals surface area contributed by atoms with Crippen LogP contribution < -0.4 is 0 Å². The maximum atomic E-state index is 4.00. The Kier molecular flexibility index (Phi) is 5.92. The van der Waals surface area contributed by atoms with Crippen molar-refractivity contribution in [3.05, 3.63) is 85.0 Å². The van der Waals surface area contributed by atoms with Crippen LogP contribution in [0.15, 0.2) is 73.9 Å². The summed E-state index contributed by atoms with van der Waals surface area (Å²) < 4.78 is 0. The molecule has 0 bridgehead atoms. The van der Waals surface area contributed by atoms with Crippen molar-refractivity contribution in [3.63, 3.8) is 0 Å². The lowest BCUT2D eigenvalue weighted by molar-refractivity contribution is 1.60. The summed E-state index contributed by atoms with van der Waals surface area (Å²) >= 11 is 0. The van der Waals surface area contributed by atoms with Crippen LogP contribution in [-0.2, 0) is 0 Å². The van der Waals surface area contributed by atoms with Gasteiger partial charge in [0, 0.05) is 11.1 Å². The number of allylic oxidation sites excluding steroid dienone is 6. The minimum absolute atomic E-state index is 0.760. The maximum absolute atomic E-state index is 4.00. The van der Waals surface area contributed by atoms with Crippen LogP contribution >= 0.6 is 0 Å². The Labute approximate surface area is 116 Å². The summed E-state index contributed by atoms with van der Waals surface area (Å²) in [4.78, 5) is 0. The second-order valence-corrected chi connectivity index (χ2v) is 3.93. The van der Waals surface area contributed by atoms with E-state index in [1.807, 2.05) is 61.6 Å². The monoisotopic (exact) mass is 246 g/mol. The molecule has 0 saturated carbocycles. The van der Waals surface area contributed by atoms with Gasteiger partial charge in [0.2, 0.25) is 0 Å². The van der Waals surface area contributed by atoms with E-state index < -0.39 is 0 Å². The lowest BCUT2D eigenvalue weighted by Gasteiger charge is -2.02. The van der Waals surface area contributed by atoms with E-state index in [-0.39, 0.29) is 0 Å². The van der Waals surface area contributed by atoms with E-state index in [0.29, 0.717) is 0 Å². The second kappa shape index (κ2) is 7.74. The molecule has 19 heavy (non-hydrogen) atoms. The lowest BCUT2D eigenvalue weighted by atomic mass is 10.0. The molecule has 0 amide bonds. The number of rotatable bonds is 4. The van der Waals surface area contributed by atoms with Crippen LogP contribution in [0.2, 0.25) is 0 Å². The first-order valence-corrected chi connectivity index (χ1v) is 6.10. The van der Waals surface area contributed by atoms with E-state index >= 15 is 0 Å². The highest BCUT2D eigenvalue weighted by atomic mass is 14.0. The van der Waals surface area contributed by atoms with Gasteiger partial charge in [-0.2, -0.15) is 0 Å². The summed E-state index contributed by atoms with van der Waals surface area (Å²) in [5, 5.41) is 0. The molecule has 0 heteroatoms. The molecule has 0 atom stereocenters. The van der Waals surface area contributed by atoms with Crippen LogP contribution in [0, 0.1) is 11.8 Å². The van der Waals surface area contributed by atoms with Gasteiger partial charge in [-0.25, -0.2) is 0 Å². The van der Waals surface area contributed by atoms with Crippen molar-refractivity contribution in [3.8, 4) is 11.8 Å². The normalized spacial score (nSPS) is 10.2. The van der Waals surface area contributed by atoms with Gasteiger partial charge >= 0.3 is 0 Å². The quantitative estimate of drug-likeness (QED) is 0.516. The molecule has 0 radical (unpaired) electrons. The van der Waals surface area contributed by atoms with E-state index in [9.17, 15) is 0 Å². The van der Waals surface area contributed by atoms with Crippen molar-refractivity contribution in [2.45, 2.75) is 6.92 Å². The van der Waals surface area contributed by atoms with Gasteiger partial charge in [-0.05, 0) is 24.1 Å². The molecule has 0 aliphatic carbocycles. The molecule has 1 aromatic carbocycles. The molecule has 0 saturated heterocycles. The van der Waals surface area contributed by atoms with Gasteiger partial charge in [0.05, 0.1) is 0 Å². The molecule has 0 aliphatic rings. The van der Waals surface area contributed by atoms with Crippen molar-refractivity contribution in [2.75, 3.05) is 0 Å². The summed E-state index contributed by atoms with van der Waals surface area (Å²) in [6.07, 6.45) is 9.49. The highest BCUT2D eigenvalue weighted by Crippen LogP contribution is 2.18. The molecule has 1 aromatic rings. The predicted molar refractivity (Wildman–Crippen MR) is 86.4 cm³/mol. The Morgan fingerprint density at radius 1 is 1.11 bits per heavy atom. The number of benzene rings is 1. The summed E-state index contributed by atoms with van der Waals surface area (Å²) in [5.41, 5.74) is 3.58. The van der Waals surface area contributed by atoms with E-state index in [1.54, 1.807) is 0 Å². The first kappa shape index (κ1) is 14.5. The van der Waals surface area contributed by atoms with Crippen molar-refractivity contribution in [2.24, 2.45) is 0 Å². The first-order valence-electron chi connectivity index (χ1n) is 6.10. The zero-order valence-electron chi connectivity index (χ0n) is 11.3. The highest BCUT2D eigenvalue weighted by Gasteiger charge is 1.99. The minimum Gasteiger partial charge on any atom is -0.0984 e.